The van der Waals surface area contributed by atoms with Gasteiger partial charge in [0.05, 0.1) is 12.3 Å². The van der Waals surface area contributed by atoms with Gasteiger partial charge in [0.1, 0.15) is 17.2 Å². The van der Waals surface area contributed by atoms with Gasteiger partial charge < -0.3 is 10.1 Å². The first kappa shape index (κ1) is 14.0. The molecule has 2 aliphatic rings. The third-order valence-corrected chi connectivity index (χ3v) is 3.14. The molecule has 22 heavy (non-hydrogen) atoms. The normalized spacial score (nSPS) is 10.4. The van der Waals surface area contributed by atoms with E-state index in [1.54, 1.807) is 13.1 Å². The van der Waals surface area contributed by atoms with E-state index in [2.05, 4.69) is 15.3 Å². The first-order valence-corrected chi connectivity index (χ1v) is 7.03. The molecule has 5 nitrogen and oxygen atoms in total. The summed E-state index contributed by atoms with van der Waals surface area (Å²) in [6.45, 7) is 2.09. The van der Waals surface area contributed by atoms with Crippen molar-refractivity contribution in [3.05, 3.63) is 60.3 Å². The second kappa shape index (κ2) is 6.22. The number of nitrogens with zero attached hydrogens (tertiary/aromatic N) is 2. The second-order valence-corrected chi connectivity index (χ2v) is 4.61. The van der Waals surface area contributed by atoms with E-state index in [0.717, 1.165) is 11.3 Å². The standard InChI is InChI=1S/C17H15N3O2/c1-2-22-17(21)15-12-8-4-3-5-9-13(12)19-16(15)20-14-10-6-7-11-18-14/h3-11H,2H2,1H3,(H,18,19,20). The average molecular weight is 293 g/mol. The molecule has 1 aromatic rings. The second-order valence-electron chi connectivity index (χ2n) is 4.61. The Morgan fingerprint density at radius 2 is 1.95 bits per heavy atom. The largest absolute Gasteiger partial charge is 0.462 e. The third kappa shape index (κ3) is 2.74. The van der Waals surface area contributed by atoms with Crippen LogP contribution in [-0.4, -0.2) is 22.5 Å². The molecular weight excluding hydrogens is 278 g/mol. The fraction of sp³-hybridized carbons (Fsp3) is 0.118. The molecule has 0 aromatic carbocycles. The van der Waals surface area contributed by atoms with Gasteiger partial charge in [-0.05, 0) is 25.1 Å². The van der Waals surface area contributed by atoms with Gasteiger partial charge >= 0.3 is 5.97 Å². The van der Waals surface area contributed by atoms with E-state index in [-0.39, 0.29) is 0 Å². The van der Waals surface area contributed by atoms with Crippen molar-refractivity contribution in [3.63, 3.8) is 0 Å². The number of aromatic nitrogens is 2. The lowest BCUT2D eigenvalue weighted by atomic mass is 10.1. The molecule has 0 saturated heterocycles. The van der Waals surface area contributed by atoms with E-state index in [0.29, 0.717) is 23.8 Å². The van der Waals surface area contributed by atoms with E-state index >= 15 is 0 Å². The number of carbonyl (C=O) groups excluding carboxylic acids is 1. The number of carbonyl (C=O) groups is 1. The number of rotatable bonds is 4. The quantitative estimate of drug-likeness (QED) is 0.746. The van der Waals surface area contributed by atoms with Crippen molar-refractivity contribution in [2.24, 2.45) is 0 Å². The summed E-state index contributed by atoms with van der Waals surface area (Å²) in [6.07, 6.45) is 1.68. The number of hydrogen-bond acceptors (Lipinski definition) is 5. The van der Waals surface area contributed by atoms with Crippen LogP contribution in [0.15, 0.2) is 54.7 Å². The Hall–Kier alpha value is -2.95. The summed E-state index contributed by atoms with van der Waals surface area (Å²) in [5, 5.41) is 3.09. The lowest BCUT2D eigenvalue weighted by molar-refractivity contribution is 0.0528. The van der Waals surface area contributed by atoms with Crippen molar-refractivity contribution in [2.45, 2.75) is 6.92 Å². The first-order valence-electron chi connectivity index (χ1n) is 7.03. The highest BCUT2D eigenvalue weighted by atomic mass is 16.5. The summed E-state index contributed by atoms with van der Waals surface area (Å²) in [5.74, 6) is 0.688. The lowest BCUT2D eigenvalue weighted by Crippen LogP contribution is -2.07. The molecule has 1 aromatic heterocycles. The molecule has 0 spiro atoms. The maximum Gasteiger partial charge on any atom is 0.342 e. The molecule has 0 fully saturated rings. The van der Waals surface area contributed by atoms with Gasteiger partial charge in [0.25, 0.3) is 0 Å². The van der Waals surface area contributed by atoms with Crippen molar-refractivity contribution in [1.82, 2.24) is 9.97 Å². The van der Waals surface area contributed by atoms with Crippen LogP contribution in [0.25, 0.3) is 11.3 Å². The highest BCUT2D eigenvalue weighted by molar-refractivity contribution is 6.03. The number of anilines is 2. The van der Waals surface area contributed by atoms with Crippen LogP contribution in [0.1, 0.15) is 17.3 Å². The topological polar surface area (TPSA) is 64.1 Å². The van der Waals surface area contributed by atoms with Crippen LogP contribution in [0.5, 0.6) is 0 Å². The monoisotopic (exact) mass is 293 g/mol. The minimum Gasteiger partial charge on any atom is -0.462 e. The van der Waals surface area contributed by atoms with Gasteiger partial charge in [0.15, 0.2) is 0 Å². The van der Waals surface area contributed by atoms with Crippen molar-refractivity contribution in [1.29, 1.82) is 0 Å². The van der Waals surface area contributed by atoms with E-state index in [4.69, 9.17) is 4.74 Å². The van der Waals surface area contributed by atoms with Crippen LogP contribution in [0.2, 0.25) is 0 Å². The zero-order chi connectivity index (χ0) is 15.4. The molecule has 1 N–H and O–H groups in total. The molecule has 110 valence electrons. The Morgan fingerprint density at radius 1 is 1.14 bits per heavy atom. The summed E-state index contributed by atoms with van der Waals surface area (Å²) in [4.78, 5) is 21.0. The lowest BCUT2D eigenvalue weighted by Gasteiger charge is -2.06. The van der Waals surface area contributed by atoms with Gasteiger partial charge in [0, 0.05) is 11.8 Å². The number of esters is 1. The van der Waals surface area contributed by atoms with E-state index in [1.165, 1.54) is 0 Å². The molecular formula is C17H15N3O2. The predicted octanol–water partition coefficient (Wildman–Crippen LogP) is 3.50. The van der Waals surface area contributed by atoms with Crippen LogP contribution in [0.3, 0.4) is 0 Å². The van der Waals surface area contributed by atoms with Gasteiger partial charge in [-0.3, -0.25) is 0 Å². The molecule has 0 radical (unpaired) electrons. The summed E-state index contributed by atoms with van der Waals surface area (Å²) in [7, 11) is 0. The van der Waals surface area contributed by atoms with Gasteiger partial charge in [-0.2, -0.15) is 0 Å². The predicted molar refractivity (Wildman–Crippen MR) is 84.3 cm³/mol. The Balaban J connectivity index is 2.09. The number of ether oxygens (including phenoxy) is 1. The smallest absolute Gasteiger partial charge is 0.342 e. The van der Waals surface area contributed by atoms with Gasteiger partial charge in [0.2, 0.25) is 0 Å². The summed E-state index contributed by atoms with van der Waals surface area (Å²) < 4.78 is 5.16. The first-order chi connectivity index (χ1) is 10.8. The van der Waals surface area contributed by atoms with Crippen LogP contribution in [0, 0.1) is 0 Å². The number of nitrogens with one attached hydrogen (secondary N) is 1. The Bertz CT molecular complexity index is 759. The fourth-order valence-electron chi connectivity index (χ4n) is 2.21. The highest BCUT2D eigenvalue weighted by Crippen LogP contribution is 2.33. The average Bonchev–Trinajstić information content (AvgIpc) is 2.70. The van der Waals surface area contributed by atoms with E-state index < -0.39 is 5.97 Å². The van der Waals surface area contributed by atoms with Gasteiger partial charge in [-0.25, -0.2) is 14.8 Å². The molecule has 3 rings (SSSR count). The van der Waals surface area contributed by atoms with Crippen molar-refractivity contribution in [3.8, 4) is 11.3 Å². The zero-order valence-corrected chi connectivity index (χ0v) is 12.1. The van der Waals surface area contributed by atoms with Gasteiger partial charge in [-0.1, -0.05) is 30.3 Å². The SMILES string of the molecule is CCOC(=O)c1c2cccccc-2nc1Nc1ccccn1. The number of pyridine rings is 1. The van der Waals surface area contributed by atoms with Crippen LogP contribution in [0.4, 0.5) is 11.6 Å². The van der Waals surface area contributed by atoms with Crippen molar-refractivity contribution in [2.75, 3.05) is 11.9 Å². The van der Waals surface area contributed by atoms with E-state index in [1.807, 2.05) is 48.5 Å². The maximum atomic E-state index is 12.3. The molecule has 0 saturated carbocycles. The molecule has 0 amide bonds. The Labute approximate surface area is 128 Å². The van der Waals surface area contributed by atoms with Crippen molar-refractivity contribution < 1.29 is 9.53 Å². The molecule has 5 heteroatoms. The Kier molecular flexibility index (Phi) is 3.96. The van der Waals surface area contributed by atoms with Crippen LogP contribution >= 0.6 is 0 Å². The maximum absolute atomic E-state index is 12.3. The molecule has 2 heterocycles. The minimum absolute atomic E-state index is 0.313. The van der Waals surface area contributed by atoms with Crippen molar-refractivity contribution >= 4 is 17.6 Å². The number of hydrogen-bond donors (Lipinski definition) is 1. The molecule has 1 aliphatic heterocycles. The molecule has 0 bridgehead atoms. The molecule has 0 unspecified atom stereocenters. The van der Waals surface area contributed by atoms with Gasteiger partial charge in [-0.15, -0.1) is 0 Å². The third-order valence-electron chi connectivity index (χ3n) is 3.14. The summed E-state index contributed by atoms with van der Waals surface area (Å²) >= 11 is 0. The Morgan fingerprint density at radius 3 is 2.73 bits per heavy atom. The summed E-state index contributed by atoms with van der Waals surface area (Å²) in [6, 6.07) is 14.9. The molecule has 1 aliphatic carbocycles. The summed E-state index contributed by atoms with van der Waals surface area (Å²) in [5.41, 5.74) is 1.91. The fourth-order valence-corrected chi connectivity index (χ4v) is 2.21. The number of fused-ring (bicyclic) bond motifs is 1. The van der Waals surface area contributed by atoms with Crippen LogP contribution in [-0.2, 0) is 4.74 Å². The zero-order valence-electron chi connectivity index (χ0n) is 12.1. The van der Waals surface area contributed by atoms with E-state index in [9.17, 15) is 4.79 Å². The van der Waals surface area contributed by atoms with Crippen LogP contribution < -0.4 is 5.32 Å². The highest BCUT2D eigenvalue weighted by Gasteiger charge is 2.24. The minimum atomic E-state index is -0.394. The molecule has 0 atom stereocenters.